The lowest BCUT2D eigenvalue weighted by Gasteiger charge is -2.32. The lowest BCUT2D eigenvalue weighted by molar-refractivity contribution is 0.191. The molecule has 0 spiro atoms. The Hall–Kier alpha value is -2.94. The SMILES string of the molecule is CC1(C)C(=C2c3ccccc3OC2(c2ccc(F)cc2)c2ccc(F)cc2)C1(C)C. The molecule has 1 heterocycles. The van der Waals surface area contributed by atoms with Gasteiger partial charge in [0.25, 0.3) is 0 Å². The van der Waals surface area contributed by atoms with E-state index in [1.165, 1.54) is 29.8 Å². The van der Waals surface area contributed by atoms with Crippen molar-refractivity contribution in [1.29, 1.82) is 0 Å². The second-order valence-electron chi connectivity index (χ2n) is 9.29. The minimum atomic E-state index is -0.967. The van der Waals surface area contributed by atoms with Gasteiger partial charge in [0, 0.05) is 22.3 Å². The molecule has 3 heteroatoms. The fraction of sp³-hybridized carbons (Fsp3) is 0.259. The van der Waals surface area contributed by atoms with Crippen LogP contribution in [0.1, 0.15) is 44.4 Å². The molecule has 0 saturated heterocycles. The topological polar surface area (TPSA) is 9.23 Å². The van der Waals surface area contributed by atoms with Gasteiger partial charge in [-0.05, 0) is 46.7 Å². The van der Waals surface area contributed by atoms with E-state index < -0.39 is 5.60 Å². The molecule has 30 heavy (non-hydrogen) atoms. The van der Waals surface area contributed by atoms with Gasteiger partial charge in [0.2, 0.25) is 0 Å². The van der Waals surface area contributed by atoms with Crippen molar-refractivity contribution in [3.8, 4) is 5.75 Å². The Morgan fingerprint density at radius 1 is 0.633 bits per heavy atom. The predicted molar refractivity (Wildman–Crippen MR) is 115 cm³/mol. The van der Waals surface area contributed by atoms with Gasteiger partial charge in [-0.25, -0.2) is 8.78 Å². The molecule has 5 rings (SSSR count). The molecule has 3 aromatic rings. The van der Waals surface area contributed by atoms with Crippen molar-refractivity contribution in [2.45, 2.75) is 33.3 Å². The van der Waals surface area contributed by atoms with Crippen LogP contribution in [-0.4, -0.2) is 0 Å². The van der Waals surface area contributed by atoms with Crippen molar-refractivity contribution in [2.24, 2.45) is 10.8 Å². The van der Waals surface area contributed by atoms with E-state index in [9.17, 15) is 8.78 Å². The van der Waals surface area contributed by atoms with E-state index in [4.69, 9.17) is 4.74 Å². The average molecular weight is 402 g/mol. The largest absolute Gasteiger partial charge is 0.472 e. The van der Waals surface area contributed by atoms with Crippen molar-refractivity contribution in [3.63, 3.8) is 0 Å². The summed E-state index contributed by atoms with van der Waals surface area (Å²) in [5, 5.41) is 0. The summed E-state index contributed by atoms with van der Waals surface area (Å²) in [6.07, 6.45) is 0. The highest BCUT2D eigenvalue weighted by atomic mass is 19.1. The van der Waals surface area contributed by atoms with Crippen LogP contribution in [0.5, 0.6) is 5.75 Å². The van der Waals surface area contributed by atoms with Gasteiger partial charge >= 0.3 is 0 Å². The normalized spacial score (nSPS) is 19.9. The predicted octanol–water partition coefficient (Wildman–Crippen LogP) is 7.12. The molecule has 1 saturated carbocycles. The maximum Gasteiger partial charge on any atom is 0.185 e. The number of para-hydroxylation sites is 1. The summed E-state index contributed by atoms with van der Waals surface area (Å²) in [7, 11) is 0. The number of fused-ring (bicyclic) bond motifs is 1. The monoisotopic (exact) mass is 402 g/mol. The van der Waals surface area contributed by atoms with Crippen LogP contribution in [0.15, 0.2) is 78.4 Å². The molecule has 2 aliphatic rings. The van der Waals surface area contributed by atoms with E-state index >= 15 is 0 Å². The van der Waals surface area contributed by atoms with Crippen molar-refractivity contribution in [2.75, 3.05) is 0 Å². The minimum absolute atomic E-state index is 0.0194. The van der Waals surface area contributed by atoms with E-state index in [1.54, 1.807) is 24.3 Å². The standard InChI is InChI=1S/C27H24F2O/c1-25(2)24(26(25,3)4)23-21-7-5-6-8-22(21)30-27(23,17-9-13-19(28)14-10-17)18-11-15-20(29)16-12-18/h5-16H,1-4H3. The summed E-state index contributed by atoms with van der Waals surface area (Å²) in [5.41, 5.74) is 4.09. The van der Waals surface area contributed by atoms with E-state index in [0.717, 1.165) is 28.0 Å². The lowest BCUT2D eigenvalue weighted by Crippen LogP contribution is -2.32. The third kappa shape index (κ3) is 2.38. The van der Waals surface area contributed by atoms with Gasteiger partial charge < -0.3 is 4.74 Å². The Morgan fingerprint density at radius 3 is 1.57 bits per heavy atom. The number of hydrogen-bond donors (Lipinski definition) is 0. The van der Waals surface area contributed by atoms with Gasteiger partial charge in [-0.1, -0.05) is 70.2 Å². The Bertz CT molecular complexity index is 1110. The zero-order valence-electron chi connectivity index (χ0n) is 17.6. The average Bonchev–Trinajstić information content (AvgIpc) is 2.98. The van der Waals surface area contributed by atoms with E-state index in [1.807, 2.05) is 18.2 Å². The maximum atomic E-state index is 13.8. The molecule has 1 fully saturated rings. The van der Waals surface area contributed by atoms with Crippen molar-refractivity contribution < 1.29 is 13.5 Å². The first-order chi connectivity index (χ1) is 14.2. The molecule has 3 aromatic carbocycles. The minimum Gasteiger partial charge on any atom is -0.472 e. The molecule has 0 atom stereocenters. The molecule has 0 radical (unpaired) electrons. The van der Waals surface area contributed by atoms with Crippen LogP contribution in [0.2, 0.25) is 0 Å². The summed E-state index contributed by atoms with van der Waals surface area (Å²) in [5.74, 6) is 0.182. The molecule has 0 bridgehead atoms. The molecular weight excluding hydrogens is 378 g/mol. The summed E-state index contributed by atoms with van der Waals surface area (Å²) < 4.78 is 34.4. The molecule has 0 aromatic heterocycles. The second kappa shape index (κ2) is 6.04. The number of ether oxygens (including phenoxy) is 1. The zero-order chi connectivity index (χ0) is 21.3. The summed E-state index contributed by atoms with van der Waals surface area (Å²) >= 11 is 0. The Balaban J connectivity index is 1.90. The van der Waals surface area contributed by atoms with E-state index in [0.29, 0.717) is 0 Å². The molecular formula is C27H24F2O. The van der Waals surface area contributed by atoms with Gasteiger partial charge in [-0.3, -0.25) is 0 Å². The van der Waals surface area contributed by atoms with Gasteiger partial charge in [0.05, 0.1) is 0 Å². The van der Waals surface area contributed by atoms with Crippen LogP contribution >= 0.6 is 0 Å². The Labute approximate surface area is 176 Å². The van der Waals surface area contributed by atoms with E-state index in [-0.39, 0.29) is 22.5 Å². The molecule has 0 N–H and O–H groups in total. The molecule has 152 valence electrons. The van der Waals surface area contributed by atoms with E-state index in [2.05, 4.69) is 33.8 Å². The van der Waals surface area contributed by atoms with Gasteiger partial charge in [-0.2, -0.15) is 0 Å². The lowest BCUT2D eigenvalue weighted by atomic mass is 9.77. The van der Waals surface area contributed by atoms with Crippen LogP contribution in [0.25, 0.3) is 5.57 Å². The first-order valence-corrected chi connectivity index (χ1v) is 10.3. The highest BCUT2D eigenvalue weighted by Crippen LogP contribution is 2.73. The maximum absolute atomic E-state index is 13.8. The first kappa shape index (κ1) is 19.0. The third-order valence-corrected chi connectivity index (χ3v) is 7.27. The fourth-order valence-corrected chi connectivity index (χ4v) is 5.08. The Kier molecular flexibility index (Phi) is 3.83. The Morgan fingerprint density at radius 2 is 1.10 bits per heavy atom. The van der Waals surface area contributed by atoms with Crippen LogP contribution < -0.4 is 4.74 Å². The first-order valence-electron chi connectivity index (χ1n) is 10.3. The van der Waals surface area contributed by atoms with Crippen LogP contribution in [0.4, 0.5) is 8.78 Å². The molecule has 0 amide bonds. The van der Waals surface area contributed by atoms with Crippen molar-refractivity contribution >= 4 is 5.57 Å². The number of halogens is 2. The number of benzene rings is 3. The van der Waals surface area contributed by atoms with Crippen LogP contribution in [0.3, 0.4) is 0 Å². The highest BCUT2D eigenvalue weighted by molar-refractivity contribution is 5.90. The second-order valence-corrected chi connectivity index (χ2v) is 9.29. The van der Waals surface area contributed by atoms with Crippen LogP contribution in [-0.2, 0) is 5.60 Å². The molecule has 1 aliphatic heterocycles. The molecule has 1 aliphatic carbocycles. The summed E-state index contributed by atoms with van der Waals surface area (Å²) in [4.78, 5) is 0. The van der Waals surface area contributed by atoms with Crippen molar-refractivity contribution in [3.05, 3.63) is 107 Å². The summed E-state index contributed by atoms with van der Waals surface area (Å²) in [6, 6.07) is 20.9. The van der Waals surface area contributed by atoms with Crippen molar-refractivity contribution in [1.82, 2.24) is 0 Å². The quantitative estimate of drug-likeness (QED) is 0.443. The smallest absolute Gasteiger partial charge is 0.185 e. The van der Waals surface area contributed by atoms with Gasteiger partial charge in [0.1, 0.15) is 17.4 Å². The third-order valence-electron chi connectivity index (χ3n) is 7.27. The molecule has 0 unspecified atom stereocenters. The van der Waals surface area contributed by atoms with Gasteiger partial charge in [-0.15, -0.1) is 0 Å². The number of allylic oxidation sites excluding steroid dienone is 1. The number of hydrogen-bond acceptors (Lipinski definition) is 1. The zero-order valence-corrected chi connectivity index (χ0v) is 17.6. The highest BCUT2D eigenvalue weighted by Gasteiger charge is 2.65. The van der Waals surface area contributed by atoms with Gasteiger partial charge in [0.15, 0.2) is 5.60 Å². The summed E-state index contributed by atoms with van der Waals surface area (Å²) in [6.45, 7) is 8.99. The molecule has 1 nitrogen and oxygen atoms in total. The van der Waals surface area contributed by atoms with Crippen LogP contribution in [0, 0.1) is 22.5 Å². The fourth-order valence-electron chi connectivity index (χ4n) is 5.08. The number of rotatable bonds is 2.